The summed E-state index contributed by atoms with van der Waals surface area (Å²) in [7, 11) is 0. The molecule has 0 saturated carbocycles. The fourth-order valence-corrected chi connectivity index (χ4v) is 6.19. The Morgan fingerprint density at radius 2 is 1.06 bits per heavy atom. The van der Waals surface area contributed by atoms with Gasteiger partial charge in [0.2, 0.25) is 13.9 Å². The minimum atomic E-state index is -4.74. The Morgan fingerprint density at radius 1 is 0.640 bits per heavy atom. The minimum absolute atomic E-state index is 0. The maximum absolute atomic E-state index is 12.1. The summed E-state index contributed by atoms with van der Waals surface area (Å²) in [5, 5.41) is 11.8. The third-order valence-electron chi connectivity index (χ3n) is 5.21. The Bertz CT molecular complexity index is 1960. The molecule has 0 atom stereocenters. The highest BCUT2D eigenvalue weighted by Crippen LogP contribution is 2.31. The van der Waals surface area contributed by atoms with E-state index < -0.39 is 17.6 Å². The Morgan fingerprint density at radius 3 is 1.42 bits per heavy atom. The molecular weight excluding hydrogens is 892 g/mol. The van der Waals surface area contributed by atoms with Gasteiger partial charge in [0.15, 0.2) is 5.82 Å². The number of hydrogen-bond donors (Lipinski definition) is 0. The maximum atomic E-state index is 12.1. The lowest BCUT2D eigenvalue weighted by Gasteiger charge is -2.08. The van der Waals surface area contributed by atoms with Gasteiger partial charge >= 0.3 is 12.7 Å². The second kappa shape index (κ2) is 17.9. The average molecular weight is 908 g/mol. The number of halogens is 9. The molecule has 0 fully saturated rings. The van der Waals surface area contributed by atoms with Crippen molar-refractivity contribution in [2.24, 2.45) is 0 Å². The van der Waals surface area contributed by atoms with E-state index in [1.165, 1.54) is 72.8 Å². The Labute approximate surface area is 311 Å². The van der Waals surface area contributed by atoms with E-state index in [0.717, 1.165) is 34.6 Å². The molecule has 0 aliphatic carbocycles. The van der Waals surface area contributed by atoms with Gasteiger partial charge in [-0.05, 0) is 139 Å². The van der Waals surface area contributed by atoms with Crippen LogP contribution in [0.3, 0.4) is 0 Å². The average Bonchev–Trinajstić information content (AvgIpc) is 3.79. The number of benzene rings is 3. The molecule has 3 heterocycles. The summed E-state index contributed by atoms with van der Waals surface area (Å²) >= 11 is 14.9. The van der Waals surface area contributed by atoms with Crippen LogP contribution in [0.2, 0.25) is 4.47 Å². The van der Waals surface area contributed by atoms with Crippen LogP contribution in [-0.2, 0) is 0 Å². The highest BCUT2D eigenvalue weighted by atomic mass is 79.9. The van der Waals surface area contributed by atoms with Crippen LogP contribution in [0.25, 0.3) is 32.5 Å². The Kier molecular flexibility index (Phi) is 14.5. The topological polar surface area (TPSA) is 139 Å². The third-order valence-corrected chi connectivity index (χ3v) is 8.71. The first-order chi connectivity index (χ1) is 23.0. The number of alkyl halides is 6. The number of hydrogen-bond acceptors (Lipinski definition) is 13. The molecule has 23 heteroatoms. The van der Waals surface area contributed by atoms with E-state index >= 15 is 0 Å². The van der Waals surface area contributed by atoms with Crippen molar-refractivity contribution < 1.29 is 40.7 Å². The number of ether oxygens (including phenoxy) is 2. The van der Waals surface area contributed by atoms with Crippen molar-refractivity contribution in [3.8, 4) is 44.0 Å². The zero-order chi connectivity index (χ0) is 35.8. The highest BCUT2D eigenvalue weighted by Gasteiger charge is 2.31. The SMILES string of the molecule is C.Clc1nc(Br)ns1.FC(F)(F)Oc1ccc(-c2nc(Br)ns2)cc1.O=[N+]([O-])c1ccc(-c2nsc(-c3ccc(OC(F)(F)F)cc3)n2)cc1. The van der Waals surface area contributed by atoms with E-state index in [2.05, 4.69) is 69.4 Å². The van der Waals surface area contributed by atoms with Crippen LogP contribution in [0.1, 0.15) is 7.43 Å². The summed E-state index contributed by atoms with van der Waals surface area (Å²) in [6.07, 6.45) is -9.42. The van der Waals surface area contributed by atoms with Gasteiger partial charge in [-0.2, -0.15) is 18.1 Å². The molecule has 3 aromatic heterocycles. The van der Waals surface area contributed by atoms with Gasteiger partial charge in [-0.3, -0.25) is 10.1 Å². The van der Waals surface area contributed by atoms with Crippen LogP contribution in [0.4, 0.5) is 32.0 Å². The van der Waals surface area contributed by atoms with Crippen molar-refractivity contribution in [1.29, 1.82) is 0 Å². The number of nitrogens with zero attached hydrogens (tertiary/aromatic N) is 7. The van der Waals surface area contributed by atoms with Gasteiger partial charge in [0.1, 0.15) is 21.5 Å². The predicted octanol–water partition coefficient (Wildman–Crippen LogP) is 11.1. The molecule has 3 aromatic carbocycles. The summed E-state index contributed by atoms with van der Waals surface area (Å²) < 4.78 is 93.1. The summed E-state index contributed by atoms with van der Waals surface area (Å²) in [6.45, 7) is 0. The minimum Gasteiger partial charge on any atom is -0.406 e. The monoisotopic (exact) mass is 905 g/mol. The molecule has 0 saturated heterocycles. The number of nitro benzene ring substituents is 1. The van der Waals surface area contributed by atoms with Crippen molar-refractivity contribution in [1.82, 2.24) is 28.1 Å². The van der Waals surface area contributed by atoms with E-state index in [4.69, 9.17) is 11.6 Å². The van der Waals surface area contributed by atoms with E-state index in [-0.39, 0.29) is 24.6 Å². The molecule has 0 spiro atoms. The summed E-state index contributed by atoms with van der Waals surface area (Å²) in [5.41, 5.74) is 1.83. The number of nitro groups is 1. The fraction of sp³-hybridized carbons (Fsp3) is 0.111. The molecule has 0 N–H and O–H groups in total. The fourth-order valence-electron chi connectivity index (χ4n) is 3.30. The lowest BCUT2D eigenvalue weighted by molar-refractivity contribution is -0.384. The Hall–Kier alpha value is -3.83. The summed E-state index contributed by atoms with van der Waals surface area (Å²) in [6, 6.07) is 16.5. The first kappa shape index (κ1) is 40.6. The standard InChI is InChI=1S/C15H8F3N3O3S.C9H4BrF3N2OS.C2BrClN2S.CH4/c16-15(17,18)24-12-7-3-10(4-8-12)14-19-13(20-25-14)9-1-5-11(6-2-9)21(22)23;10-8-14-7(17-15-8)5-1-3-6(4-2-5)16-9(11,12)13;3-1-5-2(4)7-6-1;/h1-8H;1-4H;;1H4. The molecule has 50 heavy (non-hydrogen) atoms. The number of non-ortho nitro benzene ring substituents is 1. The van der Waals surface area contributed by atoms with Crippen molar-refractivity contribution in [3.63, 3.8) is 0 Å². The maximum Gasteiger partial charge on any atom is 0.573 e. The van der Waals surface area contributed by atoms with Crippen molar-refractivity contribution >= 4 is 83.7 Å². The zero-order valence-corrected chi connectivity index (χ0v) is 29.7. The van der Waals surface area contributed by atoms with Crippen LogP contribution in [0.15, 0.2) is 82.3 Å². The van der Waals surface area contributed by atoms with Crippen molar-refractivity contribution in [2.45, 2.75) is 20.2 Å². The second-order valence-electron chi connectivity index (χ2n) is 8.56. The normalized spacial score (nSPS) is 10.9. The van der Waals surface area contributed by atoms with Gasteiger partial charge in [0.05, 0.1) is 4.92 Å². The first-order valence-corrected chi connectivity index (χ1v) is 16.8. The van der Waals surface area contributed by atoms with Crippen LogP contribution in [0.5, 0.6) is 11.5 Å². The van der Waals surface area contributed by atoms with E-state index in [1.807, 2.05) is 0 Å². The predicted molar refractivity (Wildman–Crippen MR) is 183 cm³/mol. The molecule has 11 nitrogen and oxygen atoms in total. The molecule has 264 valence electrons. The quantitative estimate of drug-likeness (QED) is 0.0901. The summed E-state index contributed by atoms with van der Waals surface area (Å²) in [5.74, 6) is -0.202. The lowest BCUT2D eigenvalue weighted by atomic mass is 10.2. The molecule has 0 aliphatic heterocycles. The third kappa shape index (κ3) is 13.1. The van der Waals surface area contributed by atoms with Gasteiger partial charge in [-0.25, -0.2) is 9.97 Å². The molecule has 0 bridgehead atoms. The second-order valence-corrected chi connectivity index (χ2v) is 12.8. The van der Waals surface area contributed by atoms with E-state index in [1.54, 1.807) is 0 Å². The van der Waals surface area contributed by atoms with E-state index in [0.29, 0.717) is 46.5 Å². The lowest BCUT2D eigenvalue weighted by Crippen LogP contribution is -2.16. The first-order valence-electron chi connectivity index (χ1n) is 12.5. The molecule has 0 amide bonds. The van der Waals surface area contributed by atoms with Gasteiger partial charge in [0, 0.05) is 28.8 Å². The van der Waals surface area contributed by atoms with Gasteiger partial charge < -0.3 is 9.47 Å². The van der Waals surface area contributed by atoms with Crippen LogP contribution >= 0.6 is 78.1 Å². The molecule has 0 aliphatic rings. The van der Waals surface area contributed by atoms with Crippen LogP contribution < -0.4 is 9.47 Å². The van der Waals surface area contributed by atoms with Crippen molar-refractivity contribution in [3.05, 3.63) is 96.8 Å². The molecule has 6 rings (SSSR count). The highest BCUT2D eigenvalue weighted by molar-refractivity contribution is 9.10. The van der Waals surface area contributed by atoms with Gasteiger partial charge in [0.25, 0.3) is 5.69 Å². The molecule has 0 radical (unpaired) electrons. The molecule has 6 aromatic rings. The van der Waals surface area contributed by atoms with Crippen LogP contribution in [-0.4, -0.2) is 45.7 Å². The molecular formula is C27H16Br2ClF6N7O4S3. The largest absolute Gasteiger partial charge is 0.573 e. The van der Waals surface area contributed by atoms with Gasteiger partial charge in [-0.15, -0.1) is 26.3 Å². The zero-order valence-electron chi connectivity index (χ0n) is 23.3. The summed E-state index contributed by atoms with van der Waals surface area (Å²) in [4.78, 5) is 22.2. The number of aromatic nitrogens is 6. The van der Waals surface area contributed by atoms with Gasteiger partial charge in [-0.1, -0.05) is 7.43 Å². The van der Waals surface area contributed by atoms with E-state index in [9.17, 15) is 36.5 Å². The van der Waals surface area contributed by atoms with Crippen molar-refractivity contribution in [2.75, 3.05) is 0 Å². The number of rotatable bonds is 6. The Balaban J connectivity index is 0.000000232. The smallest absolute Gasteiger partial charge is 0.406 e. The molecule has 0 unspecified atom stereocenters. The van der Waals surface area contributed by atoms with Crippen LogP contribution in [0, 0.1) is 10.1 Å².